The van der Waals surface area contributed by atoms with Gasteiger partial charge in [0, 0.05) is 17.6 Å². The number of hydrogen-bond donors (Lipinski definition) is 1. The van der Waals surface area contributed by atoms with E-state index in [9.17, 15) is 13.2 Å². The van der Waals surface area contributed by atoms with E-state index in [1.165, 1.54) is 6.07 Å². The van der Waals surface area contributed by atoms with Gasteiger partial charge in [-0.1, -0.05) is 46.3 Å². The van der Waals surface area contributed by atoms with Crippen molar-refractivity contribution in [2.24, 2.45) is 0 Å². The van der Waals surface area contributed by atoms with Crippen LogP contribution < -0.4 is 10.3 Å². The molecule has 1 N–H and O–H groups in total. The van der Waals surface area contributed by atoms with Gasteiger partial charge < -0.3 is 4.57 Å². The number of alkyl halides is 1. The van der Waals surface area contributed by atoms with Gasteiger partial charge in [-0.2, -0.15) is 0 Å². The number of aromatic nitrogens is 1. The molecule has 0 radical (unpaired) electrons. The van der Waals surface area contributed by atoms with Crippen molar-refractivity contribution in [1.29, 1.82) is 0 Å². The van der Waals surface area contributed by atoms with Crippen molar-refractivity contribution in [3.8, 4) is 0 Å². The molecule has 1 aromatic heterocycles. The Bertz CT molecular complexity index is 817. The van der Waals surface area contributed by atoms with Crippen LogP contribution in [0.2, 0.25) is 0 Å². The standard InChI is InChI=1S/C16H19BrN2O3S/c1-13-8-9-15(16(20)19(13)11-5-10-17)18-23(21,22)12-14-6-3-2-4-7-14/h2-4,6-9,18H,5,10-12H2,1H3. The molecule has 0 aliphatic rings. The topological polar surface area (TPSA) is 68.2 Å². The number of nitrogens with zero attached hydrogens (tertiary/aromatic N) is 1. The molecule has 7 heteroatoms. The maximum absolute atomic E-state index is 12.4. The maximum Gasteiger partial charge on any atom is 0.275 e. The van der Waals surface area contributed by atoms with Gasteiger partial charge in [0.1, 0.15) is 5.69 Å². The highest BCUT2D eigenvalue weighted by Crippen LogP contribution is 2.11. The molecule has 5 nitrogen and oxygen atoms in total. The highest BCUT2D eigenvalue weighted by molar-refractivity contribution is 9.09. The summed E-state index contributed by atoms with van der Waals surface area (Å²) in [5, 5.41) is 0.781. The fourth-order valence-electron chi connectivity index (χ4n) is 2.24. The van der Waals surface area contributed by atoms with Crippen molar-refractivity contribution < 1.29 is 8.42 Å². The fraction of sp³-hybridized carbons (Fsp3) is 0.312. The van der Waals surface area contributed by atoms with Gasteiger partial charge in [0.15, 0.2) is 0 Å². The first-order valence-corrected chi connectivity index (χ1v) is 10.0. The quantitative estimate of drug-likeness (QED) is 0.728. The normalized spacial score (nSPS) is 11.4. The molecule has 2 aromatic rings. The average Bonchev–Trinajstić information content (AvgIpc) is 2.50. The van der Waals surface area contributed by atoms with E-state index in [-0.39, 0.29) is 17.0 Å². The lowest BCUT2D eigenvalue weighted by atomic mass is 10.2. The molecule has 0 aliphatic carbocycles. The molecular formula is C16H19BrN2O3S. The number of aryl methyl sites for hydroxylation is 1. The Morgan fingerprint density at radius 1 is 1.13 bits per heavy atom. The lowest BCUT2D eigenvalue weighted by molar-refractivity contribution is 0.599. The molecule has 0 bridgehead atoms. The minimum absolute atomic E-state index is 0.0844. The molecule has 0 spiro atoms. The predicted molar refractivity (Wildman–Crippen MR) is 96.5 cm³/mol. The highest BCUT2D eigenvalue weighted by Gasteiger charge is 2.15. The summed E-state index contributed by atoms with van der Waals surface area (Å²) in [4.78, 5) is 12.4. The third-order valence-electron chi connectivity index (χ3n) is 3.37. The summed E-state index contributed by atoms with van der Waals surface area (Å²) in [6.07, 6.45) is 0.793. The molecule has 0 fully saturated rings. The average molecular weight is 399 g/mol. The van der Waals surface area contributed by atoms with E-state index in [1.807, 2.05) is 13.0 Å². The molecule has 0 saturated carbocycles. The van der Waals surface area contributed by atoms with E-state index >= 15 is 0 Å². The Morgan fingerprint density at radius 3 is 2.48 bits per heavy atom. The van der Waals surface area contributed by atoms with Crippen molar-refractivity contribution >= 4 is 31.6 Å². The van der Waals surface area contributed by atoms with Crippen molar-refractivity contribution in [3.05, 3.63) is 64.1 Å². The van der Waals surface area contributed by atoms with Gasteiger partial charge in [-0.05, 0) is 31.0 Å². The number of sulfonamides is 1. The zero-order chi connectivity index (χ0) is 16.9. The Hall–Kier alpha value is -1.60. The molecular weight excluding hydrogens is 380 g/mol. The first-order valence-electron chi connectivity index (χ1n) is 7.24. The van der Waals surface area contributed by atoms with Gasteiger partial charge in [-0.3, -0.25) is 9.52 Å². The Morgan fingerprint density at radius 2 is 1.83 bits per heavy atom. The van der Waals surface area contributed by atoms with Crippen LogP contribution in [-0.2, 0) is 22.3 Å². The monoisotopic (exact) mass is 398 g/mol. The van der Waals surface area contributed by atoms with Crippen LogP contribution in [0.4, 0.5) is 5.69 Å². The number of rotatable bonds is 7. The molecule has 1 heterocycles. The Labute approximate surface area is 144 Å². The zero-order valence-corrected chi connectivity index (χ0v) is 15.2. The molecule has 1 aromatic carbocycles. The second-order valence-corrected chi connectivity index (χ2v) is 7.75. The van der Waals surface area contributed by atoms with Gasteiger partial charge in [0.05, 0.1) is 5.75 Å². The minimum atomic E-state index is -3.63. The first kappa shape index (κ1) is 17.7. The Kier molecular flexibility index (Phi) is 6.01. The molecule has 0 atom stereocenters. The van der Waals surface area contributed by atoms with Gasteiger partial charge in [-0.25, -0.2) is 8.42 Å². The third-order valence-corrected chi connectivity index (χ3v) is 5.18. The summed E-state index contributed by atoms with van der Waals surface area (Å²) >= 11 is 3.33. The summed E-state index contributed by atoms with van der Waals surface area (Å²) in [7, 11) is -3.63. The second-order valence-electron chi connectivity index (χ2n) is 5.23. The largest absolute Gasteiger partial charge is 0.311 e. The van der Waals surface area contributed by atoms with E-state index in [0.29, 0.717) is 12.1 Å². The van der Waals surface area contributed by atoms with Crippen LogP contribution in [0.5, 0.6) is 0 Å². The number of anilines is 1. The zero-order valence-electron chi connectivity index (χ0n) is 12.8. The van der Waals surface area contributed by atoms with Gasteiger partial charge in [-0.15, -0.1) is 0 Å². The van der Waals surface area contributed by atoms with E-state index in [2.05, 4.69) is 20.7 Å². The van der Waals surface area contributed by atoms with Gasteiger partial charge in [0.25, 0.3) is 5.56 Å². The van der Waals surface area contributed by atoms with Crippen molar-refractivity contribution in [2.75, 3.05) is 10.1 Å². The third kappa shape index (κ3) is 4.94. The molecule has 0 amide bonds. The van der Waals surface area contributed by atoms with Crippen LogP contribution in [0, 0.1) is 6.92 Å². The Balaban J connectivity index is 2.24. The van der Waals surface area contributed by atoms with Crippen LogP contribution in [0.1, 0.15) is 17.7 Å². The molecule has 0 aliphatic heterocycles. The van der Waals surface area contributed by atoms with Crippen LogP contribution in [0.3, 0.4) is 0 Å². The first-order chi connectivity index (χ1) is 10.9. The van der Waals surface area contributed by atoms with Gasteiger partial charge >= 0.3 is 0 Å². The number of benzene rings is 1. The minimum Gasteiger partial charge on any atom is -0.311 e. The highest BCUT2D eigenvalue weighted by atomic mass is 79.9. The lowest BCUT2D eigenvalue weighted by Gasteiger charge is -2.13. The van der Waals surface area contributed by atoms with Crippen molar-refractivity contribution in [1.82, 2.24) is 4.57 Å². The maximum atomic E-state index is 12.4. The number of pyridine rings is 1. The van der Waals surface area contributed by atoms with E-state index in [4.69, 9.17) is 0 Å². The molecule has 2 rings (SSSR count). The van der Waals surface area contributed by atoms with Crippen molar-refractivity contribution in [2.45, 2.75) is 25.6 Å². The lowest BCUT2D eigenvalue weighted by Crippen LogP contribution is -2.28. The number of halogens is 1. The summed E-state index contributed by atoms with van der Waals surface area (Å²) < 4.78 is 28.5. The summed E-state index contributed by atoms with van der Waals surface area (Å²) in [6, 6.07) is 12.1. The van der Waals surface area contributed by atoms with E-state index < -0.39 is 10.0 Å². The summed E-state index contributed by atoms with van der Waals surface area (Å²) in [5.74, 6) is -0.164. The predicted octanol–water partition coefficient (Wildman–Crippen LogP) is 2.88. The molecule has 23 heavy (non-hydrogen) atoms. The van der Waals surface area contributed by atoms with Crippen molar-refractivity contribution in [3.63, 3.8) is 0 Å². The second kappa shape index (κ2) is 7.79. The van der Waals surface area contributed by atoms with E-state index in [0.717, 1.165) is 17.4 Å². The van der Waals surface area contributed by atoms with Crippen LogP contribution in [0.15, 0.2) is 47.3 Å². The molecule has 0 saturated heterocycles. The fourth-order valence-corrected chi connectivity index (χ4v) is 3.69. The van der Waals surface area contributed by atoms with E-state index in [1.54, 1.807) is 34.9 Å². The SMILES string of the molecule is Cc1ccc(NS(=O)(=O)Cc2ccccc2)c(=O)n1CCCBr. The van der Waals surface area contributed by atoms with Crippen LogP contribution in [-0.4, -0.2) is 18.3 Å². The molecule has 124 valence electrons. The molecule has 0 unspecified atom stereocenters. The van der Waals surface area contributed by atoms with Gasteiger partial charge in [0.2, 0.25) is 10.0 Å². The smallest absolute Gasteiger partial charge is 0.275 e. The summed E-state index contributed by atoms with van der Waals surface area (Å²) in [6.45, 7) is 2.38. The van der Waals surface area contributed by atoms with Crippen LogP contribution in [0.25, 0.3) is 0 Å². The van der Waals surface area contributed by atoms with Crippen LogP contribution >= 0.6 is 15.9 Å². The number of nitrogens with one attached hydrogen (secondary N) is 1. The summed E-state index contributed by atoms with van der Waals surface area (Å²) in [5.41, 5.74) is 1.25. The number of hydrogen-bond acceptors (Lipinski definition) is 3.